The van der Waals surface area contributed by atoms with Gasteiger partial charge in [0.1, 0.15) is 0 Å². The number of methoxy groups -OCH3 is 1. The van der Waals surface area contributed by atoms with Crippen LogP contribution in [-0.2, 0) is 20.7 Å². The first-order valence-corrected chi connectivity index (χ1v) is 8.61. The van der Waals surface area contributed by atoms with Crippen molar-refractivity contribution in [3.05, 3.63) is 77.5 Å². The number of esters is 1. The quantitative estimate of drug-likeness (QED) is 0.765. The van der Waals surface area contributed by atoms with E-state index in [1.165, 1.54) is 7.11 Å². The number of benzene rings is 2. The van der Waals surface area contributed by atoms with Crippen molar-refractivity contribution in [2.24, 2.45) is 0 Å². The second-order valence-corrected chi connectivity index (χ2v) is 6.35. The highest BCUT2D eigenvalue weighted by atomic mass is 16.5. The van der Waals surface area contributed by atoms with Crippen LogP contribution in [-0.4, -0.2) is 46.4 Å². The summed E-state index contributed by atoms with van der Waals surface area (Å²) in [6, 6.07) is 18.0. The molecular weight excluding hydrogens is 346 g/mol. The van der Waals surface area contributed by atoms with Crippen molar-refractivity contribution in [2.45, 2.75) is 18.6 Å². The van der Waals surface area contributed by atoms with Gasteiger partial charge in [-0.2, -0.15) is 0 Å². The van der Waals surface area contributed by atoms with Crippen LogP contribution in [0.1, 0.15) is 17.5 Å². The largest absolute Gasteiger partial charge is 0.503 e. The molecule has 1 unspecified atom stereocenters. The van der Waals surface area contributed by atoms with Crippen LogP contribution in [0.3, 0.4) is 0 Å². The van der Waals surface area contributed by atoms with Gasteiger partial charge in [0, 0.05) is 13.0 Å². The van der Waals surface area contributed by atoms with Gasteiger partial charge in [0.25, 0.3) is 5.91 Å². The lowest BCUT2D eigenvalue weighted by Gasteiger charge is -2.36. The molecule has 1 heterocycles. The Bertz CT molecular complexity index is 863. The van der Waals surface area contributed by atoms with E-state index in [1.807, 2.05) is 36.4 Å². The summed E-state index contributed by atoms with van der Waals surface area (Å²) in [6.45, 7) is -0.0742. The third-order valence-electron chi connectivity index (χ3n) is 4.65. The average Bonchev–Trinajstić information content (AvgIpc) is 2.86. The van der Waals surface area contributed by atoms with Gasteiger partial charge in [-0.05, 0) is 11.1 Å². The molecule has 2 aromatic carbocycles. The van der Waals surface area contributed by atoms with E-state index in [4.69, 9.17) is 0 Å². The first-order chi connectivity index (χ1) is 13.0. The summed E-state index contributed by atoms with van der Waals surface area (Å²) in [5.74, 6) is -1.72. The summed E-state index contributed by atoms with van der Waals surface area (Å²) in [4.78, 5) is 25.4. The number of aliphatic hydroxyl groups excluding tert-OH is 1. The molecule has 0 spiro atoms. The van der Waals surface area contributed by atoms with Crippen LogP contribution in [0.5, 0.6) is 0 Å². The SMILES string of the molecule is COC(=O)CCN1C(=O)C(O)=C(c2ccccc2)C1(O)Cc1ccccc1. The molecule has 2 N–H and O–H groups in total. The smallest absolute Gasteiger partial charge is 0.307 e. The molecule has 0 aliphatic carbocycles. The Labute approximate surface area is 157 Å². The van der Waals surface area contributed by atoms with Crippen LogP contribution in [0.15, 0.2) is 66.4 Å². The maximum Gasteiger partial charge on any atom is 0.307 e. The summed E-state index contributed by atoms with van der Waals surface area (Å²) >= 11 is 0. The third-order valence-corrected chi connectivity index (χ3v) is 4.65. The molecule has 1 aliphatic heterocycles. The topological polar surface area (TPSA) is 87.1 Å². The predicted octanol–water partition coefficient (Wildman–Crippen LogP) is 2.29. The number of nitrogens with zero attached hydrogens (tertiary/aromatic N) is 1. The molecule has 1 amide bonds. The Morgan fingerprint density at radius 1 is 1.07 bits per heavy atom. The highest BCUT2D eigenvalue weighted by Crippen LogP contribution is 2.41. The van der Waals surface area contributed by atoms with Crippen molar-refractivity contribution < 1.29 is 24.5 Å². The molecule has 0 saturated carbocycles. The van der Waals surface area contributed by atoms with E-state index in [9.17, 15) is 19.8 Å². The lowest BCUT2D eigenvalue weighted by atomic mass is 9.90. The standard InChI is InChI=1S/C21H21NO5/c1-27-17(23)12-13-22-20(25)19(24)18(16-10-6-3-7-11-16)21(22,26)14-15-8-4-2-5-9-15/h2-11,24,26H,12-14H2,1H3. The van der Waals surface area contributed by atoms with Crippen LogP contribution in [0.25, 0.3) is 5.57 Å². The van der Waals surface area contributed by atoms with Gasteiger partial charge in [0.2, 0.25) is 0 Å². The lowest BCUT2D eigenvalue weighted by molar-refractivity contribution is -0.147. The van der Waals surface area contributed by atoms with Gasteiger partial charge in [-0.1, -0.05) is 60.7 Å². The Balaban J connectivity index is 2.04. The highest BCUT2D eigenvalue weighted by Gasteiger charge is 2.51. The molecule has 0 saturated heterocycles. The molecule has 3 rings (SSSR count). The lowest BCUT2D eigenvalue weighted by Crippen LogP contribution is -2.50. The minimum absolute atomic E-state index is 0.0742. The number of hydrogen-bond donors (Lipinski definition) is 2. The van der Waals surface area contributed by atoms with E-state index >= 15 is 0 Å². The van der Waals surface area contributed by atoms with Crippen LogP contribution in [0.2, 0.25) is 0 Å². The average molecular weight is 367 g/mol. The summed E-state index contributed by atoms with van der Waals surface area (Å²) in [5, 5.41) is 22.1. The molecule has 0 fully saturated rings. The number of amides is 1. The van der Waals surface area contributed by atoms with Crippen LogP contribution < -0.4 is 0 Å². The first kappa shape index (κ1) is 18.7. The van der Waals surface area contributed by atoms with Crippen molar-refractivity contribution >= 4 is 17.4 Å². The van der Waals surface area contributed by atoms with E-state index in [-0.39, 0.29) is 25.0 Å². The second kappa shape index (κ2) is 7.63. The van der Waals surface area contributed by atoms with E-state index in [1.54, 1.807) is 24.3 Å². The maximum atomic E-state index is 12.7. The van der Waals surface area contributed by atoms with E-state index in [2.05, 4.69) is 4.74 Å². The molecular formula is C21H21NO5. The highest BCUT2D eigenvalue weighted by molar-refractivity contribution is 6.06. The van der Waals surface area contributed by atoms with Crippen LogP contribution in [0.4, 0.5) is 0 Å². The van der Waals surface area contributed by atoms with Crippen molar-refractivity contribution in [3.63, 3.8) is 0 Å². The van der Waals surface area contributed by atoms with Gasteiger partial charge in [-0.25, -0.2) is 0 Å². The van der Waals surface area contributed by atoms with Crippen LogP contribution >= 0.6 is 0 Å². The van der Waals surface area contributed by atoms with Gasteiger partial charge < -0.3 is 19.8 Å². The zero-order valence-electron chi connectivity index (χ0n) is 15.0. The van der Waals surface area contributed by atoms with Crippen molar-refractivity contribution in [1.29, 1.82) is 0 Å². The Hall–Kier alpha value is -3.12. The van der Waals surface area contributed by atoms with Gasteiger partial charge in [-0.15, -0.1) is 0 Å². The monoisotopic (exact) mass is 367 g/mol. The minimum Gasteiger partial charge on any atom is -0.503 e. The molecule has 0 aromatic heterocycles. The van der Waals surface area contributed by atoms with Gasteiger partial charge in [0.05, 0.1) is 19.1 Å². The molecule has 27 heavy (non-hydrogen) atoms. The predicted molar refractivity (Wildman–Crippen MR) is 99.4 cm³/mol. The Morgan fingerprint density at radius 3 is 2.26 bits per heavy atom. The summed E-state index contributed by atoms with van der Waals surface area (Å²) in [7, 11) is 1.26. The molecule has 2 aromatic rings. The Kier molecular flexibility index (Phi) is 5.28. The van der Waals surface area contributed by atoms with Crippen molar-refractivity contribution in [2.75, 3.05) is 13.7 Å². The van der Waals surface area contributed by atoms with E-state index in [0.717, 1.165) is 10.5 Å². The molecule has 0 bridgehead atoms. The normalized spacial score (nSPS) is 19.5. The molecule has 1 aliphatic rings. The van der Waals surface area contributed by atoms with Gasteiger partial charge in [-0.3, -0.25) is 9.59 Å². The summed E-state index contributed by atoms with van der Waals surface area (Å²) in [5.41, 5.74) is -0.305. The molecule has 6 nitrogen and oxygen atoms in total. The molecule has 140 valence electrons. The molecule has 6 heteroatoms. The fourth-order valence-electron chi connectivity index (χ4n) is 3.36. The van der Waals surface area contributed by atoms with Crippen molar-refractivity contribution in [1.82, 2.24) is 4.90 Å². The molecule has 0 radical (unpaired) electrons. The maximum absolute atomic E-state index is 12.7. The number of rotatable bonds is 6. The number of carbonyl (C=O) groups excluding carboxylic acids is 2. The number of hydrogen-bond acceptors (Lipinski definition) is 5. The molecule has 1 atom stereocenters. The second-order valence-electron chi connectivity index (χ2n) is 6.35. The van der Waals surface area contributed by atoms with Crippen LogP contribution in [0, 0.1) is 0 Å². The number of ether oxygens (including phenoxy) is 1. The number of aliphatic hydroxyl groups is 2. The zero-order chi connectivity index (χ0) is 19.4. The zero-order valence-corrected chi connectivity index (χ0v) is 15.0. The van der Waals surface area contributed by atoms with Gasteiger partial charge in [0.15, 0.2) is 11.5 Å². The fraction of sp³-hybridized carbons (Fsp3) is 0.238. The fourth-order valence-corrected chi connectivity index (χ4v) is 3.36. The van der Waals surface area contributed by atoms with E-state index < -0.39 is 23.4 Å². The summed E-state index contributed by atoms with van der Waals surface area (Å²) < 4.78 is 4.64. The Morgan fingerprint density at radius 2 is 1.67 bits per heavy atom. The third kappa shape index (κ3) is 3.57. The first-order valence-electron chi connectivity index (χ1n) is 8.61. The number of carbonyl (C=O) groups is 2. The minimum atomic E-state index is -1.78. The summed E-state index contributed by atoms with van der Waals surface area (Å²) in [6.07, 6.45) is -0.0102. The van der Waals surface area contributed by atoms with Gasteiger partial charge >= 0.3 is 5.97 Å². The van der Waals surface area contributed by atoms with Crippen molar-refractivity contribution in [3.8, 4) is 0 Å². The van der Waals surface area contributed by atoms with E-state index in [0.29, 0.717) is 5.56 Å².